The molecule has 104 valence electrons. The van der Waals surface area contributed by atoms with Crippen LogP contribution < -0.4 is 5.73 Å². The van der Waals surface area contributed by atoms with Gasteiger partial charge >= 0.3 is 0 Å². The molecule has 1 heterocycles. The lowest BCUT2D eigenvalue weighted by molar-refractivity contribution is -0.132. The van der Waals surface area contributed by atoms with Gasteiger partial charge in [-0.15, -0.1) is 0 Å². The second-order valence-electron chi connectivity index (χ2n) is 5.41. The summed E-state index contributed by atoms with van der Waals surface area (Å²) >= 11 is 5.94. The third kappa shape index (κ3) is 3.95. The van der Waals surface area contributed by atoms with Gasteiger partial charge in [-0.1, -0.05) is 23.7 Å². The van der Waals surface area contributed by atoms with Crippen LogP contribution in [0.5, 0.6) is 0 Å². The first-order valence-electron chi connectivity index (χ1n) is 6.84. The highest BCUT2D eigenvalue weighted by molar-refractivity contribution is 6.30. The van der Waals surface area contributed by atoms with Gasteiger partial charge in [0.15, 0.2) is 0 Å². The summed E-state index contributed by atoms with van der Waals surface area (Å²) in [5.41, 5.74) is 6.92. The molecule has 1 aliphatic rings. The van der Waals surface area contributed by atoms with Crippen LogP contribution in [0.15, 0.2) is 24.3 Å². The third-order valence-corrected chi connectivity index (χ3v) is 4.03. The fraction of sp³-hybridized carbons (Fsp3) is 0.533. The first-order chi connectivity index (χ1) is 9.06. The SMILES string of the molecule is C[C@H](N)[C@H]1CCCN(C(=O)Cc2cccc(Cl)c2)C1. The predicted octanol–water partition coefficient (Wildman–Crippen LogP) is 2.47. The Hall–Kier alpha value is -1.06. The zero-order valence-corrected chi connectivity index (χ0v) is 12.1. The van der Waals surface area contributed by atoms with Gasteiger partial charge < -0.3 is 10.6 Å². The van der Waals surface area contributed by atoms with E-state index >= 15 is 0 Å². The van der Waals surface area contributed by atoms with Gasteiger partial charge in [0.2, 0.25) is 5.91 Å². The number of rotatable bonds is 3. The van der Waals surface area contributed by atoms with Gasteiger partial charge in [-0.3, -0.25) is 4.79 Å². The van der Waals surface area contributed by atoms with Crippen molar-refractivity contribution in [3.63, 3.8) is 0 Å². The van der Waals surface area contributed by atoms with Gasteiger partial charge in [0.25, 0.3) is 0 Å². The van der Waals surface area contributed by atoms with Crippen LogP contribution in [-0.2, 0) is 11.2 Å². The maximum Gasteiger partial charge on any atom is 0.227 e. The van der Waals surface area contributed by atoms with Crippen molar-refractivity contribution in [2.75, 3.05) is 13.1 Å². The summed E-state index contributed by atoms with van der Waals surface area (Å²) in [6, 6.07) is 7.65. The summed E-state index contributed by atoms with van der Waals surface area (Å²) in [6.45, 7) is 3.66. The molecule has 19 heavy (non-hydrogen) atoms. The van der Waals surface area contributed by atoms with Crippen molar-refractivity contribution in [3.8, 4) is 0 Å². The van der Waals surface area contributed by atoms with E-state index in [-0.39, 0.29) is 11.9 Å². The Morgan fingerprint density at radius 3 is 3.05 bits per heavy atom. The number of nitrogens with zero attached hydrogens (tertiary/aromatic N) is 1. The molecule has 0 spiro atoms. The normalized spacial score (nSPS) is 21.2. The number of nitrogens with two attached hydrogens (primary N) is 1. The molecule has 3 nitrogen and oxygen atoms in total. The van der Waals surface area contributed by atoms with E-state index in [0.29, 0.717) is 17.4 Å². The Kier molecular flexibility index (Phi) is 4.83. The number of halogens is 1. The van der Waals surface area contributed by atoms with Crippen molar-refractivity contribution in [2.24, 2.45) is 11.7 Å². The fourth-order valence-corrected chi connectivity index (χ4v) is 2.81. The molecule has 1 aliphatic heterocycles. The molecule has 0 unspecified atom stereocenters. The summed E-state index contributed by atoms with van der Waals surface area (Å²) in [5, 5.41) is 0.678. The molecule has 4 heteroatoms. The molecule has 0 saturated carbocycles. The van der Waals surface area contributed by atoms with Crippen molar-refractivity contribution < 1.29 is 4.79 Å². The standard InChI is InChI=1S/C15H21ClN2O/c1-11(17)13-5-3-7-18(10-13)15(19)9-12-4-2-6-14(16)8-12/h2,4,6,8,11,13H,3,5,7,9-10,17H2,1H3/t11-,13-/m0/s1. The van der Waals surface area contributed by atoms with E-state index in [1.54, 1.807) is 0 Å². The Morgan fingerprint density at radius 1 is 1.58 bits per heavy atom. The number of carbonyl (C=O) groups excluding carboxylic acids is 1. The molecule has 0 bridgehead atoms. The smallest absolute Gasteiger partial charge is 0.227 e. The highest BCUT2D eigenvalue weighted by Crippen LogP contribution is 2.20. The van der Waals surface area contributed by atoms with E-state index in [1.807, 2.05) is 36.1 Å². The van der Waals surface area contributed by atoms with Crippen molar-refractivity contribution in [2.45, 2.75) is 32.2 Å². The van der Waals surface area contributed by atoms with Gasteiger partial charge in [0.1, 0.15) is 0 Å². The minimum Gasteiger partial charge on any atom is -0.342 e. The summed E-state index contributed by atoms with van der Waals surface area (Å²) in [6.07, 6.45) is 2.60. The predicted molar refractivity (Wildman–Crippen MR) is 78.1 cm³/mol. The maximum atomic E-state index is 12.3. The lowest BCUT2D eigenvalue weighted by Gasteiger charge is -2.34. The Morgan fingerprint density at radius 2 is 2.37 bits per heavy atom. The second-order valence-corrected chi connectivity index (χ2v) is 5.84. The molecule has 0 radical (unpaired) electrons. The quantitative estimate of drug-likeness (QED) is 0.924. The zero-order chi connectivity index (χ0) is 13.8. The van der Waals surface area contributed by atoms with E-state index in [4.69, 9.17) is 17.3 Å². The van der Waals surface area contributed by atoms with Gasteiger partial charge in [0.05, 0.1) is 6.42 Å². The van der Waals surface area contributed by atoms with Crippen LogP contribution in [0.4, 0.5) is 0 Å². The number of hydrogen-bond acceptors (Lipinski definition) is 2. The summed E-state index contributed by atoms with van der Waals surface area (Å²) < 4.78 is 0. The third-order valence-electron chi connectivity index (χ3n) is 3.80. The first-order valence-corrected chi connectivity index (χ1v) is 7.22. The highest BCUT2D eigenvalue weighted by atomic mass is 35.5. The number of likely N-dealkylation sites (tertiary alicyclic amines) is 1. The lowest BCUT2D eigenvalue weighted by atomic mass is 9.92. The Labute approximate surface area is 119 Å². The van der Waals surface area contributed by atoms with Gasteiger partial charge in [-0.2, -0.15) is 0 Å². The number of benzene rings is 1. The van der Waals surface area contributed by atoms with E-state index in [1.165, 1.54) is 0 Å². The van der Waals surface area contributed by atoms with Crippen molar-refractivity contribution >= 4 is 17.5 Å². The first kappa shape index (κ1) is 14.4. The van der Waals surface area contributed by atoms with Crippen LogP contribution in [0, 0.1) is 5.92 Å². The number of amides is 1. The average Bonchev–Trinajstić information content (AvgIpc) is 2.39. The molecule has 1 saturated heterocycles. The second kappa shape index (κ2) is 6.40. The zero-order valence-electron chi connectivity index (χ0n) is 11.3. The minimum atomic E-state index is 0.154. The summed E-state index contributed by atoms with van der Waals surface area (Å²) in [5.74, 6) is 0.602. The number of carbonyl (C=O) groups is 1. The van der Waals surface area contributed by atoms with Crippen molar-refractivity contribution in [1.29, 1.82) is 0 Å². The van der Waals surface area contributed by atoms with Crippen LogP contribution in [0.3, 0.4) is 0 Å². The van der Waals surface area contributed by atoms with Crippen LogP contribution in [-0.4, -0.2) is 29.9 Å². The molecule has 2 N–H and O–H groups in total. The van der Waals surface area contributed by atoms with Crippen molar-refractivity contribution in [3.05, 3.63) is 34.9 Å². The van der Waals surface area contributed by atoms with Crippen LogP contribution in [0.25, 0.3) is 0 Å². The lowest BCUT2D eigenvalue weighted by Crippen LogP contribution is -2.45. The molecule has 1 amide bonds. The fourth-order valence-electron chi connectivity index (χ4n) is 2.60. The maximum absolute atomic E-state index is 12.3. The molecular formula is C15H21ClN2O. The Bertz CT molecular complexity index is 448. The molecule has 1 aromatic rings. The number of piperidine rings is 1. The number of hydrogen-bond donors (Lipinski definition) is 1. The average molecular weight is 281 g/mol. The topological polar surface area (TPSA) is 46.3 Å². The minimum absolute atomic E-state index is 0.154. The van der Waals surface area contributed by atoms with Gasteiger partial charge in [-0.25, -0.2) is 0 Å². The highest BCUT2D eigenvalue weighted by Gasteiger charge is 2.25. The van der Waals surface area contributed by atoms with Crippen LogP contribution >= 0.6 is 11.6 Å². The molecule has 2 atom stereocenters. The molecule has 0 aliphatic carbocycles. The summed E-state index contributed by atoms with van der Waals surface area (Å²) in [4.78, 5) is 14.2. The monoisotopic (exact) mass is 280 g/mol. The molecule has 0 aromatic heterocycles. The Balaban J connectivity index is 1.96. The summed E-state index contributed by atoms with van der Waals surface area (Å²) in [7, 11) is 0. The van der Waals surface area contributed by atoms with Crippen molar-refractivity contribution in [1.82, 2.24) is 4.90 Å². The molecule has 1 fully saturated rings. The van der Waals surface area contributed by atoms with E-state index in [9.17, 15) is 4.79 Å². The largest absolute Gasteiger partial charge is 0.342 e. The molecule has 1 aromatic carbocycles. The van der Waals surface area contributed by atoms with E-state index in [0.717, 1.165) is 31.5 Å². The van der Waals surface area contributed by atoms with Crippen LogP contribution in [0.1, 0.15) is 25.3 Å². The van der Waals surface area contributed by atoms with E-state index < -0.39 is 0 Å². The van der Waals surface area contributed by atoms with Crippen LogP contribution in [0.2, 0.25) is 5.02 Å². The van der Waals surface area contributed by atoms with Gasteiger partial charge in [-0.05, 0) is 43.4 Å². The molecular weight excluding hydrogens is 260 g/mol. The van der Waals surface area contributed by atoms with Gasteiger partial charge in [0, 0.05) is 24.2 Å². The van der Waals surface area contributed by atoms with E-state index in [2.05, 4.69) is 0 Å². The molecule has 2 rings (SSSR count).